The van der Waals surface area contributed by atoms with E-state index in [1.54, 1.807) is 0 Å². The van der Waals surface area contributed by atoms with Crippen LogP contribution in [-0.2, 0) is 26.5 Å². The van der Waals surface area contributed by atoms with Crippen LogP contribution in [0.3, 0.4) is 0 Å². The molecule has 0 heterocycles. The van der Waals surface area contributed by atoms with Crippen LogP contribution >= 0.6 is 0 Å². The molecule has 1 rings (SSSR count). The van der Waals surface area contributed by atoms with Gasteiger partial charge in [0.25, 0.3) is 0 Å². The van der Waals surface area contributed by atoms with Crippen LogP contribution in [0.15, 0.2) is 0 Å². The minimum absolute atomic E-state index is 0. The molecule has 0 saturated heterocycles. The minimum atomic E-state index is -0.380. The number of rotatable bonds is 1. The van der Waals surface area contributed by atoms with E-state index in [0.717, 1.165) is 12.8 Å². The molecule has 3 heteroatoms. The minimum Gasteiger partial charge on any atom is -0.668 e. The summed E-state index contributed by atoms with van der Waals surface area (Å²) >= 11 is 0. The Kier molecular flexibility index (Phi) is 2.55. The third-order valence-corrected chi connectivity index (χ3v) is 0.948. The van der Waals surface area contributed by atoms with Gasteiger partial charge in [0, 0.05) is 27.6 Å². The molecule has 0 unspecified atom stereocenters. The zero-order chi connectivity index (χ0) is 4.57. The van der Waals surface area contributed by atoms with E-state index in [4.69, 9.17) is 5.73 Å². The van der Waals surface area contributed by atoms with Gasteiger partial charge >= 0.3 is 0 Å². The summed E-state index contributed by atoms with van der Waals surface area (Å²) in [5.41, 5.74) is 6.46. The largest absolute Gasteiger partial charge is 0.668 e. The van der Waals surface area contributed by atoms with Crippen LogP contribution < -0.4 is 0 Å². The molecule has 0 bridgehead atoms. The van der Waals surface area contributed by atoms with E-state index < -0.39 is 0 Å². The zero-order valence-electron chi connectivity index (χ0n) is 3.90. The van der Waals surface area contributed by atoms with E-state index in [1.165, 1.54) is 0 Å². The molecule has 1 amide bonds. The van der Waals surface area contributed by atoms with Gasteiger partial charge in [-0.25, -0.2) is 0 Å². The third kappa shape index (κ3) is 2.10. The molecule has 0 aromatic rings. The van der Waals surface area contributed by atoms with Gasteiger partial charge in [0.15, 0.2) is 0 Å². The fourth-order valence-corrected chi connectivity index (χ4v) is 0.346. The third-order valence-electron chi connectivity index (χ3n) is 0.948. The molecule has 1 fully saturated rings. The number of hydrogen-bond acceptors (Lipinski definition) is 1. The molecule has 0 aromatic heterocycles. The molecular formula is C4H6NOTi-. The maximum atomic E-state index is 9.87. The van der Waals surface area contributed by atoms with Crippen LogP contribution in [0, 0.1) is 5.92 Å². The second-order valence-corrected chi connectivity index (χ2v) is 1.64. The van der Waals surface area contributed by atoms with Gasteiger partial charge in [0.2, 0.25) is 0 Å². The van der Waals surface area contributed by atoms with Gasteiger partial charge in [-0.15, -0.1) is 0 Å². The Labute approximate surface area is 57.3 Å². The number of hydrogen-bond donors (Lipinski definition) is 0. The van der Waals surface area contributed by atoms with Gasteiger partial charge in [-0.3, -0.25) is 0 Å². The summed E-state index contributed by atoms with van der Waals surface area (Å²) < 4.78 is 0. The van der Waals surface area contributed by atoms with Crippen molar-refractivity contribution in [2.45, 2.75) is 12.8 Å². The van der Waals surface area contributed by atoms with Crippen molar-refractivity contribution >= 4 is 5.91 Å². The molecule has 1 saturated carbocycles. The molecule has 0 aromatic carbocycles. The van der Waals surface area contributed by atoms with Gasteiger partial charge < -0.3 is 10.5 Å². The first kappa shape index (κ1) is 7.18. The van der Waals surface area contributed by atoms with Gasteiger partial charge in [-0.2, -0.15) is 0 Å². The molecular weight excluding hydrogens is 126 g/mol. The van der Waals surface area contributed by atoms with Gasteiger partial charge in [-0.1, -0.05) is 0 Å². The number of nitrogens with one attached hydrogen (secondary N) is 1. The van der Waals surface area contributed by atoms with Gasteiger partial charge in [0.1, 0.15) is 0 Å². The smallest absolute Gasteiger partial charge is 0.0519 e. The molecule has 1 N–H and O–H groups in total. The summed E-state index contributed by atoms with van der Waals surface area (Å²) in [6.45, 7) is 0. The Hall–Kier alpha value is 0.184. The summed E-state index contributed by atoms with van der Waals surface area (Å²) in [4.78, 5) is 9.87. The Morgan fingerprint density at radius 2 is 2.00 bits per heavy atom. The van der Waals surface area contributed by atoms with Crippen molar-refractivity contribution in [3.63, 3.8) is 0 Å². The number of carbonyl (C=O) groups excluding carboxylic acids is 1. The van der Waals surface area contributed by atoms with Crippen molar-refractivity contribution in [3.8, 4) is 0 Å². The zero-order valence-corrected chi connectivity index (χ0v) is 5.46. The average Bonchev–Trinajstić information content (AvgIpc) is 2.06. The maximum Gasteiger partial charge on any atom is 0.0519 e. The monoisotopic (exact) mass is 132 g/mol. The fraction of sp³-hybridized carbons (Fsp3) is 0.750. The molecule has 7 heavy (non-hydrogen) atoms. The Morgan fingerprint density at radius 3 is 2.00 bits per heavy atom. The normalized spacial score (nSPS) is 17.7. The second kappa shape index (κ2) is 2.48. The molecule has 2 nitrogen and oxygen atoms in total. The van der Waals surface area contributed by atoms with E-state index in [0.29, 0.717) is 0 Å². The van der Waals surface area contributed by atoms with Crippen molar-refractivity contribution in [3.05, 3.63) is 5.73 Å². The summed E-state index contributed by atoms with van der Waals surface area (Å²) in [6, 6.07) is 0. The first-order valence-corrected chi connectivity index (χ1v) is 2.06. The molecule has 0 aliphatic heterocycles. The Morgan fingerprint density at radius 1 is 1.57 bits per heavy atom. The topological polar surface area (TPSA) is 40.9 Å². The van der Waals surface area contributed by atoms with Crippen molar-refractivity contribution in [1.29, 1.82) is 0 Å². The molecule has 0 radical (unpaired) electrons. The number of amides is 1. The molecule has 1 aliphatic carbocycles. The summed E-state index contributed by atoms with van der Waals surface area (Å²) in [5.74, 6) is -0.250. The quantitative estimate of drug-likeness (QED) is 0.490. The van der Waals surface area contributed by atoms with E-state index in [2.05, 4.69) is 0 Å². The van der Waals surface area contributed by atoms with Crippen LogP contribution in [0.5, 0.6) is 0 Å². The number of carbonyl (C=O) groups is 1. The van der Waals surface area contributed by atoms with Crippen molar-refractivity contribution < 1.29 is 26.5 Å². The predicted octanol–water partition coefficient (Wildman–Crippen LogP) is 0.973. The van der Waals surface area contributed by atoms with Crippen LogP contribution in [0.2, 0.25) is 0 Å². The van der Waals surface area contributed by atoms with E-state index in [-0.39, 0.29) is 33.5 Å². The maximum absolute atomic E-state index is 9.87. The van der Waals surface area contributed by atoms with Crippen LogP contribution in [0.25, 0.3) is 5.73 Å². The SMILES string of the molecule is [NH-]C(=O)C1CC1.[Ti]. The van der Waals surface area contributed by atoms with Crippen LogP contribution in [0.4, 0.5) is 0 Å². The molecule has 1 aliphatic rings. The first-order chi connectivity index (χ1) is 2.80. The van der Waals surface area contributed by atoms with Crippen molar-refractivity contribution in [2.24, 2.45) is 5.92 Å². The standard InChI is InChI=1S/C4H7NO.Ti/c5-4(6)3-1-2-3;/h3H,1-2H2,(H2,5,6);/p-1. The average molecular weight is 132 g/mol. The molecule has 38 valence electrons. The van der Waals surface area contributed by atoms with Crippen LogP contribution in [-0.4, -0.2) is 5.91 Å². The summed E-state index contributed by atoms with van der Waals surface area (Å²) in [6.07, 6.45) is 1.92. The van der Waals surface area contributed by atoms with E-state index >= 15 is 0 Å². The van der Waals surface area contributed by atoms with Crippen LogP contribution in [0.1, 0.15) is 12.8 Å². The van der Waals surface area contributed by atoms with E-state index in [1.807, 2.05) is 0 Å². The Bertz CT molecular complexity index is 79.8. The molecule has 0 spiro atoms. The van der Waals surface area contributed by atoms with Crippen molar-refractivity contribution in [2.75, 3.05) is 0 Å². The summed E-state index contributed by atoms with van der Waals surface area (Å²) in [5, 5.41) is 0. The molecule has 0 atom stereocenters. The fourth-order valence-electron chi connectivity index (χ4n) is 0.346. The van der Waals surface area contributed by atoms with E-state index in [9.17, 15) is 4.79 Å². The summed E-state index contributed by atoms with van der Waals surface area (Å²) in [7, 11) is 0. The van der Waals surface area contributed by atoms with Gasteiger partial charge in [0.05, 0.1) is 5.91 Å². The second-order valence-electron chi connectivity index (χ2n) is 1.64. The Balaban J connectivity index is 0.000000360. The van der Waals surface area contributed by atoms with Gasteiger partial charge in [-0.05, 0) is 12.8 Å². The van der Waals surface area contributed by atoms with Crippen molar-refractivity contribution in [1.82, 2.24) is 0 Å². The predicted molar refractivity (Wildman–Crippen MR) is 22.1 cm³/mol. The first-order valence-electron chi connectivity index (χ1n) is 2.06.